The molecule has 0 unspecified atom stereocenters. The lowest BCUT2D eigenvalue weighted by molar-refractivity contribution is 0.264. The van der Waals surface area contributed by atoms with Crippen LogP contribution in [0.5, 0.6) is 0 Å². The third-order valence-electron chi connectivity index (χ3n) is 2.14. The second kappa shape index (κ2) is 7.72. The van der Waals surface area contributed by atoms with Crippen molar-refractivity contribution in [3.05, 3.63) is 22.5 Å². The first kappa shape index (κ1) is 14.5. The molecular weight excluding hydrogens is 248 g/mol. The first-order valence-corrected chi connectivity index (χ1v) is 5.80. The lowest BCUT2D eigenvalue weighted by atomic mass is 10.5. The van der Waals surface area contributed by atoms with Crippen molar-refractivity contribution in [2.24, 2.45) is 15.1 Å². The lowest BCUT2D eigenvalue weighted by Crippen LogP contribution is -2.37. The van der Waals surface area contributed by atoms with Gasteiger partial charge in [-0.05, 0) is 24.5 Å². The number of ether oxygens (including phenoxy) is 1. The standard InChI is InChI=1S/C10H16N8O/c1-3-18(6-5-11)10-14-8(7-19-4-2)13-9(15-10)16-17-12/h5,7,11H,3-4,6H2,1-2H3,(H,13,14,15). The zero-order valence-corrected chi connectivity index (χ0v) is 10.9. The number of hydrogen-bond acceptors (Lipinski definition) is 7. The molecule has 0 spiro atoms. The maximum atomic E-state index is 8.46. The molecule has 0 aromatic heterocycles. The molecule has 0 saturated carbocycles. The van der Waals surface area contributed by atoms with Gasteiger partial charge in [-0.15, -0.1) is 0 Å². The highest BCUT2D eigenvalue weighted by molar-refractivity contribution is 5.99. The Morgan fingerprint density at radius 1 is 1.53 bits per heavy atom. The van der Waals surface area contributed by atoms with Crippen LogP contribution in [0.25, 0.3) is 10.4 Å². The van der Waals surface area contributed by atoms with Gasteiger partial charge in [-0.3, -0.25) is 0 Å². The number of rotatable bonds is 5. The van der Waals surface area contributed by atoms with Crippen molar-refractivity contribution < 1.29 is 4.74 Å². The van der Waals surface area contributed by atoms with Gasteiger partial charge in [0, 0.05) is 17.7 Å². The van der Waals surface area contributed by atoms with E-state index in [1.807, 2.05) is 13.8 Å². The van der Waals surface area contributed by atoms with Gasteiger partial charge in [0.2, 0.25) is 5.96 Å². The van der Waals surface area contributed by atoms with Crippen LogP contribution in [0.1, 0.15) is 13.8 Å². The Morgan fingerprint density at radius 2 is 2.32 bits per heavy atom. The zero-order valence-electron chi connectivity index (χ0n) is 10.9. The molecule has 0 atom stereocenters. The van der Waals surface area contributed by atoms with Gasteiger partial charge in [0.1, 0.15) is 6.26 Å². The first-order valence-electron chi connectivity index (χ1n) is 5.80. The number of nitrogens with one attached hydrogen (secondary N) is 2. The monoisotopic (exact) mass is 264 g/mol. The summed E-state index contributed by atoms with van der Waals surface area (Å²) in [4.78, 5) is 12.8. The fraction of sp³-hybridized carbons (Fsp3) is 0.500. The largest absolute Gasteiger partial charge is 0.498 e. The summed E-state index contributed by atoms with van der Waals surface area (Å²) in [5.74, 6) is 0.873. The Balaban J connectivity index is 3.04. The van der Waals surface area contributed by atoms with Gasteiger partial charge >= 0.3 is 0 Å². The van der Waals surface area contributed by atoms with Crippen LogP contribution in [0.15, 0.2) is 27.2 Å². The highest BCUT2D eigenvalue weighted by Gasteiger charge is 2.15. The molecule has 9 nitrogen and oxygen atoms in total. The van der Waals surface area contributed by atoms with Gasteiger partial charge in [-0.25, -0.2) is 0 Å². The van der Waals surface area contributed by atoms with E-state index in [2.05, 4.69) is 25.3 Å². The van der Waals surface area contributed by atoms with Gasteiger partial charge in [-0.1, -0.05) is 0 Å². The van der Waals surface area contributed by atoms with Crippen molar-refractivity contribution in [1.29, 1.82) is 5.41 Å². The molecule has 102 valence electrons. The molecule has 0 amide bonds. The van der Waals surface area contributed by atoms with E-state index in [1.165, 1.54) is 12.5 Å². The van der Waals surface area contributed by atoms with E-state index in [-0.39, 0.29) is 5.96 Å². The van der Waals surface area contributed by atoms with E-state index in [0.717, 1.165) is 0 Å². The van der Waals surface area contributed by atoms with Crippen molar-refractivity contribution in [3.63, 3.8) is 0 Å². The van der Waals surface area contributed by atoms with E-state index >= 15 is 0 Å². The van der Waals surface area contributed by atoms with E-state index in [9.17, 15) is 0 Å². The van der Waals surface area contributed by atoms with E-state index in [1.54, 1.807) is 4.90 Å². The second-order valence-electron chi connectivity index (χ2n) is 3.36. The lowest BCUT2D eigenvalue weighted by Gasteiger charge is -2.23. The Morgan fingerprint density at radius 3 is 2.89 bits per heavy atom. The summed E-state index contributed by atoms with van der Waals surface area (Å²) in [7, 11) is 0. The van der Waals surface area contributed by atoms with Crippen LogP contribution in [-0.4, -0.2) is 42.7 Å². The Kier molecular flexibility index (Phi) is 5.90. The zero-order chi connectivity index (χ0) is 14.1. The molecule has 0 fully saturated rings. The number of hydrogen-bond donors (Lipinski definition) is 2. The Labute approximate surface area is 110 Å². The summed E-state index contributed by atoms with van der Waals surface area (Å²) in [5, 5.41) is 13.3. The third-order valence-corrected chi connectivity index (χ3v) is 2.14. The summed E-state index contributed by atoms with van der Waals surface area (Å²) >= 11 is 0. The van der Waals surface area contributed by atoms with Crippen molar-refractivity contribution in [3.8, 4) is 0 Å². The van der Waals surface area contributed by atoms with Gasteiger partial charge in [0.25, 0.3) is 0 Å². The normalized spacial score (nSPS) is 15.8. The summed E-state index contributed by atoms with van der Waals surface area (Å²) < 4.78 is 5.14. The fourth-order valence-corrected chi connectivity index (χ4v) is 1.31. The molecule has 19 heavy (non-hydrogen) atoms. The first-order chi connectivity index (χ1) is 9.24. The molecule has 1 heterocycles. The third kappa shape index (κ3) is 4.32. The molecule has 0 radical (unpaired) electrons. The van der Waals surface area contributed by atoms with E-state index in [0.29, 0.717) is 31.5 Å². The maximum Gasteiger partial charge on any atom is 0.229 e. The molecule has 9 heteroatoms. The molecule has 0 aliphatic carbocycles. The van der Waals surface area contributed by atoms with Crippen LogP contribution in [0.2, 0.25) is 0 Å². The van der Waals surface area contributed by atoms with Gasteiger partial charge < -0.3 is 20.4 Å². The van der Waals surface area contributed by atoms with Crippen LogP contribution in [0, 0.1) is 5.41 Å². The molecular formula is C10H16N8O. The molecule has 0 aromatic carbocycles. The predicted molar refractivity (Wildman–Crippen MR) is 72.9 cm³/mol. The molecule has 2 N–H and O–H groups in total. The van der Waals surface area contributed by atoms with Crippen LogP contribution in [0.3, 0.4) is 0 Å². The molecule has 1 rings (SSSR count). The topological polar surface area (TPSA) is 122 Å². The van der Waals surface area contributed by atoms with Crippen LogP contribution < -0.4 is 5.32 Å². The molecule has 0 bridgehead atoms. The maximum absolute atomic E-state index is 8.46. The van der Waals surface area contributed by atoms with Gasteiger partial charge in [0.05, 0.1) is 13.2 Å². The van der Waals surface area contributed by atoms with Gasteiger partial charge in [0.15, 0.2) is 11.8 Å². The minimum atomic E-state index is 0.0990. The highest BCUT2D eigenvalue weighted by Crippen LogP contribution is 2.06. The molecule has 0 saturated heterocycles. The van der Waals surface area contributed by atoms with Crippen molar-refractivity contribution in [2.75, 3.05) is 19.7 Å². The fourth-order valence-electron chi connectivity index (χ4n) is 1.31. The smallest absolute Gasteiger partial charge is 0.229 e. The Bertz CT molecular complexity index is 460. The quantitative estimate of drug-likeness (QED) is 0.256. The van der Waals surface area contributed by atoms with Crippen LogP contribution >= 0.6 is 0 Å². The summed E-state index contributed by atoms with van der Waals surface area (Å²) in [6, 6.07) is 0. The highest BCUT2D eigenvalue weighted by atomic mass is 16.5. The minimum absolute atomic E-state index is 0.0990. The number of guanidine groups is 2. The number of azide groups is 1. The number of aliphatic imine (C=N–C) groups is 2. The van der Waals surface area contributed by atoms with Crippen molar-refractivity contribution in [1.82, 2.24) is 10.2 Å². The summed E-state index contributed by atoms with van der Waals surface area (Å²) in [5.41, 5.74) is 8.46. The van der Waals surface area contributed by atoms with E-state index < -0.39 is 0 Å². The average Bonchev–Trinajstić information content (AvgIpc) is 2.42. The second-order valence-corrected chi connectivity index (χ2v) is 3.36. The SMILES string of the molecule is CCOC=C1N=C(N(CC)CC=N)N=C(N=[N+]=[N-])N1. The predicted octanol–water partition coefficient (Wildman–Crippen LogP) is 1.42. The van der Waals surface area contributed by atoms with Crippen molar-refractivity contribution >= 4 is 18.1 Å². The van der Waals surface area contributed by atoms with Crippen molar-refractivity contribution in [2.45, 2.75) is 13.8 Å². The minimum Gasteiger partial charge on any atom is -0.498 e. The van der Waals surface area contributed by atoms with Crippen LogP contribution in [0.4, 0.5) is 0 Å². The molecule has 1 aliphatic heterocycles. The molecule has 0 aromatic rings. The van der Waals surface area contributed by atoms with Crippen LogP contribution in [-0.2, 0) is 4.74 Å². The summed E-state index contributed by atoms with van der Waals surface area (Å²) in [6.07, 6.45) is 2.68. The Hall–Kier alpha value is -2.54. The number of nitrogens with zero attached hydrogens (tertiary/aromatic N) is 6. The van der Waals surface area contributed by atoms with Gasteiger partial charge in [-0.2, -0.15) is 9.98 Å². The average molecular weight is 264 g/mol. The summed E-state index contributed by atoms with van der Waals surface area (Å²) in [6.45, 7) is 5.28. The molecule has 1 aliphatic rings. The van der Waals surface area contributed by atoms with E-state index in [4.69, 9.17) is 15.7 Å².